The van der Waals surface area contributed by atoms with Gasteiger partial charge in [-0.05, 0) is 12.3 Å². The summed E-state index contributed by atoms with van der Waals surface area (Å²) < 4.78 is 5.09. The smallest absolute Gasteiger partial charge is 0.137 e. The average Bonchev–Trinajstić information content (AvgIpc) is 2.30. The first-order chi connectivity index (χ1) is 8.19. The Morgan fingerprint density at radius 2 is 2.24 bits per heavy atom. The summed E-state index contributed by atoms with van der Waals surface area (Å²) in [5.41, 5.74) is 1.00. The van der Waals surface area contributed by atoms with E-state index in [0.717, 1.165) is 37.4 Å². The summed E-state index contributed by atoms with van der Waals surface area (Å²) in [7, 11) is 1.71. The van der Waals surface area contributed by atoms with E-state index < -0.39 is 0 Å². The lowest BCUT2D eigenvalue weighted by molar-refractivity contribution is 0.164. The number of ether oxygens (including phenoxy) is 1. The van der Waals surface area contributed by atoms with Gasteiger partial charge in [-0.25, -0.2) is 9.97 Å². The Kier molecular flexibility index (Phi) is 6.22. The van der Waals surface area contributed by atoms with E-state index in [-0.39, 0.29) is 0 Å². The Morgan fingerprint density at radius 1 is 1.47 bits per heavy atom. The van der Waals surface area contributed by atoms with Gasteiger partial charge in [-0.1, -0.05) is 31.9 Å². The van der Waals surface area contributed by atoms with Crippen LogP contribution in [-0.2, 0) is 11.2 Å². The minimum absolute atomic E-state index is 0.434. The highest BCUT2D eigenvalue weighted by Gasteiger charge is 2.09. The van der Waals surface area contributed by atoms with E-state index in [1.165, 1.54) is 6.33 Å². The van der Waals surface area contributed by atoms with Crippen molar-refractivity contribution < 1.29 is 4.74 Å². The Hall–Kier alpha value is -0.870. The molecule has 0 aliphatic carbocycles. The molecule has 0 fully saturated rings. The van der Waals surface area contributed by atoms with Crippen LogP contribution in [0.4, 0.5) is 5.82 Å². The second-order valence-electron chi connectivity index (χ2n) is 4.18. The van der Waals surface area contributed by atoms with E-state index in [1.54, 1.807) is 7.11 Å². The standard InChI is InChI=1S/C12H20ClN3O/c1-4-5-10-11(13)15-8-16-12(10)14-6-9(2)7-17-3/h8-9H,4-7H2,1-3H3,(H,14,15,16). The molecule has 1 unspecified atom stereocenters. The highest BCUT2D eigenvalue weighted by atomic mass is 35.5. The van der Waals surface area contributed by atoms with Gasteiger partial charge in [-0.2, -0.15) is 0 Å². The van der Waals surface area contributed by atoms with Crippen molar-refractivity contribution in [3.8, 4) is 0 Å². The van der Waals surface area contributed by atoms with Crippen LogP contribution in [0, 0.1) is 5.92 Å². The number of methoxy groups -OCH3 is 1. The second-order valence-corrected chi connectivity index (χ2v) is 4.54. The molecule has 0 aliphatic rings. The molecule has 0 bridgehead atoms. The monoisotopic (exact) mass is 257 g/mol. The maximum Gasteiger partial charge on any atom is 0.137 e. The van der Waals surface area contributed by atoms with E-state index >= 15 is 0 Å². The van der Waals surface area contributed by atoms with Crippen molar-refractivity contribution in [2.24, 2.45) is 5.92 Å². The molecule has 1 rings (SSSR count). The maximum absolute atomic E-state index is 6.07. The lowest BCUT2D eigenvalue weighted by Gasteiger charge is -2.14. The van der Waals surface area contributed by atoms with Crippen LogP contribution in [0.15, 0.2) is 6.33 Å². The summed E-state index contributed by atoms with van der Waals surface area (Å²) in [6, 6.07) is 0. The number of rotatable bonds is 7. The molecular formula is C12H20ClN3O. The number of halogens is 1. The first-order valence-corrected chi connectivity index (χ1v) is 6.29. The Labute approximate surface area is 108 Å². The molecule has 0 saturated heterocycles. The third kappa shape index (κ3) is 4.48. The number of hydrogen-bond acceptors (Lipinski definition) is 4. The van der Waals surface area contributed by atoms with Crippen molar-refractivity contribution in [3.63, 3.8) is 0 Å². The lowest BCUT2D eigenvalue weighted by atomic mass is 10.1. The highest BCUT2D eigenvalue weighted by molar-refractivity contribution is 6.30. The van der Waals surface area contributed by atoms with Gasteiger partial charge in [-0.15, -0.1) is 0 Å². The average molecular weight is 258 g/mol. The fourth-order valence-corrected chi connectivity index (χ4v) is 1.86. The van der Waals surface area contributed by atoms with Gasteiger partial charge in [0.1, 0.15) is 17.3 Å². The Morgan fingerprint density at radius 3 is 2.88 bits per heavy atom. The molecule has 1 aromatic rings. The molecule has 1 N–H and O–H groups in total. The van der Waals surface area contributed by atoms with Crippen LogP contribution >= 0.6 is 11.6 Å². The first kappa shape index (κ1) is 14.2. The molecule has 1 atom stereocenters. The number of nitrogens with zero attached hydrogens (tertiary/aromatic N) is 2. The van der Waals surface area contributed by atoms with Crippen LogP contribution in [0.2, 0.25) is 5.15 Å². The molecule has 0 aliphatic heterocycles. The van der Waals surface area contributed by atoms with Gasteiger partial charge in [0.05, 0.1) is 6.61 Å². The molecule has 96 valence electrons. The number of nitrogens with one attached hydrogen (secondary N) is 1. The van der Waals surface area contributed by atoms with E-state index in [2.05, 4.69) is 29.1 Å². The van der Waals surface area contributed by atoms with E-state index in [0.29, 0.717) is 11.1 Å². The van der Waals surface area contributed by atoms with Gasteiger partial charge in [0.25, 0.3) is 0 Å². The lowest BCUT2D eigenvalue weighted by Crippen LogP contribution is -2.17. The Balaban J connectivity index is 2.66. The van der Waals surface area contributed by atoms with Crippen molar-refractivity contribution in [3.05, 3.63) is 17.0 Å². The van der Waals surface area contributed by atoms with Crippen molar-refractivity contribution in [1.29, 1.82) is 0 Å². The third-order valence-corrected chi connectivity index (χ3v) is 2.79. The van der Waals surface area contributed by atoms with E-state index in [1.807, 2.05) is 0 Å². The number of hydrogen-bond donors (Lipinski definition) is 1. The SMILES string of the molecule is CCCc1c(Cl)ncnc1NCC(C)COC. The molecule has 4 nitrogen and oxygen atoms in total. The molecule has 0 amide bonds. The number of aromatic nitrogens is 2. The molecule has 0 radical (unpaired) electrons. The summed E-state index contributed by atoms with van der Waals surface area (Å²) in [6.07, 6.45) is 3.40. The summed E-state index contributed by atoms with van der Waals surface area (Å²) in [5, 5.41) is 3.85. The first-order valence-electron chi connectivity index (χ1n) is 5.91. The molecule has 5 heteroatoms. The molecular weight excluding hydrogens is 238 g/mol. The van der Waals surface area contributed by atoms with Crippen LogP contribution in [-0.4, -0.2) is 30.2 Å². The summed E-state index contributed by atoms with van der Waals surface area (Å²) in [5.74, 6) is 1.28. The molecule has 1 aromatic heterocycles. The normalized spacial score (nSPS) is 12.5. The van der Waals surface area contributed by atoms with Crippen LogP contribution in [0.5, 0.6) is 0 Å². The zero-order chi connectivity index (χ0) is 12.7. The van der Waals surface area contributed by atoms with Crippen molar-refractivity contribution in [2.75, 3.05) is 25.6 Å². The number of anilines is 1. The third-order valence-electron chi connectivity index (χ3n) is 2.46. The van der Waals surface area contributed by atoms with Gasteiger partial charge in [-0.3, -0.25) is 0 Å². The summed E-state index contributed by atoms with van der Waals surface area (Å²) in [6.45, 7) is 5.78. The van der Waals surface area contributed by atoms with Crippen LogP contribution in [0.25, 0.3) is 0 Å². The molecule has 0 saturated carbocycles. The quantitative estimate of drug-likeness (QED) is 0.763. The van der Waals surface area contributed by atoms with Gasteiger partial charge in [0.15, 0.2) is 0 Å². The fourth-order valence-electron chi connectivity index (χ4n) is 1.63. The molecule has 1 heterocycles. The zero-order valence-corrected chi connectivity index (χ0v) is 11.4. The molecule has 0 spiro atoms. The molecule has 0 aromatic carbocycles. The van der Waals surface area contributed by atoms with Crippen LogP contribution < -0.4 is 5.32 Å². The summed E-state index contributed by atoms with van der Waals surface area (Å²) in [4.78, 5) is 8.25. The fraction of sp³-hybridized carbons (Fsp3) is 0.667. The molecule has 17 heavy (non-hydrogen) atoms. The van der Waals surface area contributed by atoms with Crippen molar-refractivity contribution in [2.45, 2.75) is 26.7 Å². The van der Waals surface area contributed by atoms with Gasteiger partial charge < -0.3 is 10.1 Å². The minimum Gasteiger partial charge on any atom is -0.384 e. The topological polar surface area (TPSA) is 47.0 Å². The van der Waals surface area contributed by atoms with E-state index in [9.17, 15) is 0 Å². The zero-order valence-electron chi connectivity index (χ0n) is 10.7. The van der Waals surface area contributed by atoms with Crippen LogP contribution in [0.1, 0.15) is 25.8 Å². The highest BCUT2D eigenvalue weighted by Crippen LogP contribution is 2.21. The van der Waals surface area contributed by atoms with Gasteiger partial charge >= 0.3 is 0 Å². The van der Waals surface area contributed by atoms with E-state index in [4.69, 9.17) is 16.3 Å². The largest absolute Gasteiger partial charge is 0.384 e. The predicted octanol–water partition coefficient (Wildman–Crippen LogP) is 2.78. The maximum atomic E-state index is 6.07. The minimum atomic E-state index is 0.434. The Bertz CT molecular complexity index is 347. The van der Waals surface area contributed by atoms with Crippen molar-refractivity contribution in [1.82, 2.24) is 9.97 Å². The van der Waals surface area contributed by atoms with Crippen LogP contribution in [0.3, 0.4) is 0 Å². The van der Waals surface area contributed by atoms with Crippen molar-refractivity contribution >= 4 is 17.4 Å². The van der Waals surface area contributed by atoms with Gasteiger partial charge in [0.2, 0.25) is 0 Å². The van der Waals surface area contributed by atoms with Gasteiger partial charge in [0, 0.05) is 19.2 Å². The summed E-state index contributed by atoms with van der Waals surface area (Å²) >= 11 is 6.07. The second kappa shape index (κ2) is 7.45. The predicted molar refractivity (Wildman–Crippen MR) is 70.6 cm³/mol.